The molecule has 0 atom stereocenters. The van der Waals surface area contributed by atoms with Gasteiger partial charge in [-0.25, -0.2) is 8.78 Å². The first-order chi connectivity index (χ1) is 12.6. The third kappa shape index (κ3) is 3.89. The minimum atomic E-state index is -5.18. The average Bonchev–Trinajstić information content (AvgIpc) is 3.38. The molecule has 144 valence electrons. The van der Waals surface area contributed by atoms with Crippen LogP contribution in [0.15, 0.2) is 24.3 Å². The van der Waals surface area contributed by atoms with Gasteiger partial charge in [0.2, 0.25) is 0 Å². The van der Waals surface area contributed by atoms with Crippen molar-refractivity contribution >= 4 is 11.6 Å². The van der Waals surface area contributed by atoms with Gasteiger partial charge in [0.05, 0.1) is 0 Å². The first kappa shape index (κ1) is 19.1. The van der Waals surface area contributed by atoms with Gasteiger partial charge in [-0.1, -0.05) is 6.07 Å². The second kappa shape index (κ2) is 6.83. The van der Waals surface area contributed by atoms with E-state index in [0.717, 1.165) is 29.5 Å². The zero-order valence-electron chi connectivity index (χ0n) is 14.4. The summed E-state index contributed by atoms with van der Waals surface area (Å²) in [5, 5.41) is 2.51. The fraction of sp³-hybridized carbons (Fsp3) is 0.316. The summed E-state index contributed by atoms with van der Waals surface area (Å²) < 4.78 is 65.2. The van der Waals surface area contributed by atoms with Crippen LogP contribution < -0.4 is 11.1 Å². The average molecular weight is 384 g/mol. The smallest absolute Gasteiger partial charge is 0.399 e. The highest BCUT2D eigenvalue weighted by molar-refractivity contribution is 5.94. The van der Waals surface area contributed by atoms with Crippen LogP contribution in [0, 0.1) is 18.6 Å². The molecule has 0 aromatic heterocycles. The quantitative estimate of drug-likeness (QED) is 0.594. The van der Waals surface area contributed by atoms with Crippen LogP contribution in [0.3, 0.4) is 0 Å². The minimum absolute atomic E-state index is 0.0613. The Morgan fingerprint density at radius 1 is 1.19 bits per heavy atom. The van der Waals surface area contributed by atoms with Gasteiger partial charge >= 0.3 is 6.18 Å². The normalized spacial score (nSPS) is 14.3. The van der Waals surface area contributed by atoms with E-state index in [4.69, 9.17) is 5.73 Å². The number of nitrogen functional groups attached to an aromatic ring is 1. The van der Waals surface area contributed by atoms with Gasteiger partial charge in [0.25, 0.3) is 5.91 Å². The number of nitrogens with two attached hydrogens (primary N) is 1. The zero-order chi connectivity index (χ0) is 19.9. The molecule has 0 radical (unpaired) electrons. The number of anilines is 1. The SMILES string of the molecule is Cc1c(N)ccc(C2CC2)c1CNC(=O)c1cc(F)c(C(F)(F)F)c(F)c1. The van der Waals surface area contributed by atoms with Crippen LogP contribution in [0.4, 0.5) is 27.6 Å². The Bertz CT molecular complexity index is 881. The summed E-state index contributed by atoms with van der Waals surface area (Å²) in [4.78, 5) is 12.2. The largest absolute Gasteiger partial charge is 0.422 e. The van der Waals surface area contributed by atoms with E-state index >= 15 is 0 Å². The Morgan fingerprint density at radius 3 is 2.30 bits per heavy atom. The number of rotatable bonds is 4. The number of carbonyl (C=O) groups excluding carboxylic acids is 1. The highest BCUT2D eigenvalue weighted by Crippen LogP contribution is 2.43. The fourth-order valence-corrected chi connectivity index (χ4v) is 3.05. The number of hydrogen-bond acceptors (Lipinski definition) is 2. The lowest BCUT2D eigenvalue weighted by atomic mass is 9.97. The molecule has 0 unspecified atom stereocenters. The van der Waals surface area contributed by atoms with Gasteiger partial charge in [-0.05, 0) is 60.6 Å². The van der Waals surface area contributed by atoms with Crippen LogP contribution in [0.5, 0.6) is 0 Å². The molecular weight excluding hydrogens is 367 g/mol. The lowest BCUT2D eigenvalue weighted by Gasteiger charge is -2.16. The van der Waals surface area contributed by atoms with Crippen molar-refractivity contribution in [3.05, 3.63) is 63.7 Å². The Morgan fingerprint density at radius 2 is 1.78 bits per heavy atom. The Labute approximate surface area is 152 Å². The van der Waals surface area contributed by atoms with E-state index in [9.17, 15) is 26.7 Å². The van der Waals surface area contributed by atoms with Crippen molar-refractivity contribution in [3.8, 4) is 0 Å². The molecule has 1 fully saturated rings. The Balaban J connectivity index is 1.83. The lowest BCUT2D eigenvalue weighted by Crippen LogP contribution is -2.25. The number of amides is 1. The topological polar surface area (TPSA) is 55.1 Å². The molecule has 3 nitrogen and oxygen atoms in total. The van der Waals surface area contributed by atoms with E-state index in [1.807, 2.05) is 6.07 Å². The number of alkyl halides is 3. The molecule has 27 heavy (non-hydrogen) atoms. The molecule has 1 aliphatic carbocycles. The molecule has 0 saturated heterocycles. The van der Waals surface area contributed by atoms with Crippen LogP contribution in [0.2, 0.25) is 0 Å². The van der Waals surface area contributed by atoms with E-state index < -0.39 is 34.8 Å². The highest BCUT2D eigenvalue weighted by atomic mass is 19.4. The monoisotopic (exact) mass is 384 g/mol. The molecule has 0 spiro atoms. The van der Waals surface area contributed by atoms with Crippen LogP contribution in [-0.2, 0) is 12.7 Å². The van der Waals surface area contributed by atoms with Crippen LogP contribution in [0.25, 0.3) is 0 Å². The summed E-state index contributed by atoms with van der Waals surface area (Å²) in [7, 11) is 0. The molecule has 1 saturated carbocycles. The van der Waals surface area contributed by atoms with Gasteiger partial charge in [-0.2, -0.15) is 13.2 Å². The van der Waals surface area contributed by atoms with Crippen molar-refractivity contribution in [1.82, 2.24) is 5.32 Å². The van der Waals surface area contributed by atoms with Crippen molar-refractivity contribution in [3.63, 3.8) is 0 Å². The maximum Gasteiger partial charge on any atom is 0.422 e. The summed E-state index contributed by atoms with van der Waals surface area (Å²) in [6.07, 6.45) is -3.12. The van der Waals surface area contributed by atoms with Gasteiger partial charge in [0.15, 0.2) is 0 Å². The fourth-order valence-electron chi connectivity index (χ4n) is 3.05. The molecule has 2 aromatic carbocycles. The Kier molecular flexibility index (Phi) is 4.84. The first-order valence-corrected chi connectivity index (χ1v) is 8.32. The summed E-state index contributed by atoms with van der Waals surface area (Å²) in [5.41, 5.74) is 6.59. The molecule has 8 heteroatoms. The maximum absolute atomic E-state index is 13.7. The van der Waals surface area contributed by atoms with Crippen molar-refractivity contribution in [1.29, 1.82) is 0 Å². The summed E-state index contributed by atoms with van der Waals surface area (Å²) >= 11 is 0. The molecule has 1 aliphatic rings. The second-order valence-corrected chi connectivity index (χ2v) is 6.62. The van der Waals surface area contributed by atoms with Crippen molar-refractivity contribution < 1.29 is 26.7 Å². The van der Waals surface area contributed by atoms with Crippen molar-refractivity contribution in [2.75, 3.05) is 5.73 Å². The molecule has 3 N–H and O–H groups in total. The van der Waals surface area contributed by atoms with Gasteiger partial charge in [-0.15, -0.1) is 0 Å². The van der Waals surface area contributed by atoms with Crippen molar-refractivity contribution in [2.45, 2.75) is 38.4 Å². The van der Waals surface area contributed by atoms with Crippen molar-refractivity contribution in [2.24, 2.45) is 0 Å². The van der Waals surface area contributed by atoms with E-state index in [1.54, 1.807) is 13.0 Å². The second-order valence-electron chi connectivity index (χ2n) is 6.62. The molecule has 0 aliphatic heterocycles. The number of nitrogens with one attached hydrogen (secondary N) is 1. The standard InChI is InChI=1S/C19H17F5N2O/c1-9-13(12(10-2-3-10)4-5-16(9)25)8-26-18(27)11-6-14(20)17(15(21)7-11)19(22,23)24/h4-7,10H,2-3,8,25H2,1H3,(H,26,27). The van der Waals surface area contributed by atoms with E-state index in [1.165, 1.54) is 0 Å². The molecule has 2 aromatic rings. The van der Waals surface area contributed by atoms with Gasteiger partial charge in [-0.3, -0.25) is 4.79 Å². The van der Waals surface area contributed by atoms with Crippen LogP contribution >= 0.6 is 0 Å². The number of halogens is 5. The van der Waals surface area contributed by atoms with Gasteiger partial charge < -0.3 is 11.1 Å². The third-order valence-corrected chi connectivity index (χ3v) is 4.71. The van der Waals surface area contributed by atoms with E-state index in [-0.39, 0.29) is 6.54 Å². The minimum Gasteiger partial charge on any atom is -0.399 e. The zero-order valence-corrected chi connectivity index (χ0v) is 14.4. The first-order valence-electron chi connectivity index (χ1n) is 8.32. The molecular formula is C19H17F5N2O. The molecule has 0 heterocycles. The van der Waals surface area contributed by atoms with Crippen LogP contribution in [-0.4, -0.2) is 5.91 Å². The third-order valence-electron chi connectivity index (χ3n) is 4.71. The summed E-state index contributed by atoms with van der Waals surface area (Å²) in [5.74, 6) is -4.14. The highest BCUT2D eigenvalue weighted by Gasteiger charge is 2.38. The predicted molar refractivity (Wildman–Crippen MR) is 90.1 cm³/mol. The summed E-state index contributed by atoms with van der Waals surface area (Å²) in [6, 6.07) is 4.44. The maximum atomic E-state index is 13.7. The lowest BCUT2D eigenvalue weighted by molar-refractivity contribution is -0.142. The van der Waals surface area contributed by atoms with Gasteiger partial charge in [0.1, 0.15) is 17.2 Å². The number of benzene rings is 2. The van der Waals surface area contributed by atoms with Gasteiger partial charge in [0, 0.05) is 17.8 Å². The van der Waals surface area contributed by atoms with E-state index in [0.29, 0.717) is 23.7 Å². The molecule has 0 bridgehead atoms. The Hall–Kier alpha value is -2.64. The summed E-state index contributed by atoms with van der Waals surface area (Å²) in [6.45, 7) is 1.87. The number of hydrogen-bond donors (Lipinski definition) is 2. The van der Waals surface area contributed by atoms with E-state index in [2.05, 4.69) is 5.32 Å². The molecule has 3 rings (SSSR count). The predicted octanol–water partition coefficient (Wildman–Crippen LogP) is 4.68. The van der Waals surface area contributed by atoms with Crippen LogP contribution in [0.1, 0.15) is 51.4 Å². The molecule has 1 amide bonds. The number of carbonyl (C=O) groups is 1.